The molecule has 0 aliphatic carbocycles. The maximum absolute atomic E-state index is 12.4. The maximum Gasteiger partial charge on any atom is 0.341 e. The van der Waals surface area contributed by atoms with Gasteiger partial charge in [-0.15, -0.1) is 0 Å². The number of ether oxygens (including phenoxy) is 1. The van der Waals surface area contributed by atoms with E-state index in [0.717, 1.165) is 11.6 Å². The highest BCUT2D eigenvalue weighted by Gasteiger charge is 2.23. The summed E-state index contributed by atoms with van der Waals surface area (Å²) in [6, 6.07) is 10.7. The molecule has 0 spiro atoms. The lowest BCUT2D eigenvalue weighted by molar-refractivity contribution is -0.384. The highest BCUT2D eigenvalue weighted by Crippen LogP contribution is 2.23. The van der Waals surface area contributed by atoms with Crippen LogP contribution >= 0.6 is 0 Å². The SMILES string of the molecule is CNc1ccc([N+](=O)[O-])cc1C(=O)O[C@@H](C)C(=O)c1ccc(C)cc1. The van der Waals surface area contributed by atoms with Crippen LogP contribution in [0.5, 0.6) is 0 Å². The standard InChI is InChI=1S/C18H18N2O5/c1-11-4-6-13(7-5-11)17(21)12(2)25-18(22)15-10-14(20(23)24)8-9-16(15)19-3/h4-10,12,19H,1-3H3/t12-/m0/s1. The van der Waals surface area contributed by atoms with E-state index < -0.39 is 17.0 Å². The summed E-state index contributed by atoms with van der Waals surface area (Å²) < 4.78 is 5.21. The van der Waals surface area contributed by atoms with Gasteiger partial charge in [-0.1, -0.05) is 29.8 Å². The predicted molar refractivity (Wildman–Crippen MR) is 93.0 cm³/mol. The molecule has 0 aromatic heterocycles. The van der Waals surface area contributed by atoms with E-state index in [1.165, 1.54) is 19.1 Å². The van der Waals surface area contributed by atoms with Crippen LogP contribution in [0.25, 0.3) is 0 Å². The predicted octanol–water partition coefficient (Wildman–Crippen LogP) is 3.37. The minimum Gasteiger partial charge on any atom is -0.451 e. The number of anilines is 1. The van der Waals surface area contributed by atoms with Crippen LogP contribution in [0.2, 0.25) is 0 Å². The average molecular weight is 342 g/mol. The van der Waals surface area contributed by atoms with Crippen LogP contribution in [-0.2, 0) is 4.74 Å². The molecule has 2 rings (SSSR count). The van der Waals surface area contributed by atoms with Crippen LogP contribution in [0.4, 0.5) is 11.4 Å². The van der Waals surface area contributed by atoms with Crippen molar-refractivity contribution in [2.45, 2.75) is 20.0 Å². The molecule has 0 saturated carbocycles. The third-order valence-electron chi connectivity index (χ3n) is 3.69. The fraction of sp³-hybridized carbons (Fsp3) is 0.222. The van der Waals surface area contributed by atoms with E-state index in [0.29, 0.717) is 11.3 Å². The summed E-state index contributed by atoms with van der Waals surface area (Å²) in [6.45, 7) is 3.37. The molecule has 0 heterocycles. The number of ketones is 1. The lowest BCUT2D eigenvalue weighted by Gasteiger charge is -2.14. The molecule has 7 heteroatoms. The van der Waals surface area contributed by atoms with Crippen molar-refractivity contribution in [2.24, 2.45) is 0 Å². The molecular formula is C18H18N2O5. The van der Waals surface area contributed by atoms with Gasteiger partial charge in [-0.25, -0.2) is 4.79 Å². The van der Waals surface area contributed by atoms with Crippen LogP contribution in [0.15, 0.2) is 42.5 Å². The van der Waals surface area contributed by atoms with E-state index in [1.807, 2.05) is 6.92 Å². The Hall–Kier alpha value is -3.22. The summed E-state index contributed by atoms with van der Waals surface area (Å²) in [7, 11) is 1.58. The summed E-state index contributed by atoms with van der Waals surface area (Å²) >= 11 is 0. The maximum atomic E-state index is 12.4. The molecule has 0 bridgehead atoms. The molecule has 7 nitrogen and oxygen atoms in total. The molecule has 25 heavy (non-hydrogen) atoms. The number of nitro benzene ring substituents is 1. The second kappa shape index (κ2) is 7.57. The molecule has 0 saturated heterocycles. The van der Waals surface area contributed by atoms with E-state index in [9.17, 15) is 19.7 Å². The Balaban J connectivity index is 2.20. The minimum atomic E-state index is -1.01. The Labute approximate surface area is 144 Å². The number of hydrogen-bond donors (Lipinski definition) is 1. The fourth-order valence-electron chi connectivity index (χ4n) is 2.26. The Kier molecular flexibility index (Phi) is 5.49. The largest absolute Gasteiger partial charge is 0.451 e. The van der Waals surface area contributed by atoms with Crippen molar-refractivity contribution >= 4 is 23.1 Å². The first-order valence-electron chi connectivity index (χ1n) is 7.61. The van der Waals surface area contributed by atoms with E-state index in [-0.39, 0.29) is 17.0 Å². The molecule has 2 aromatic carbocycles. The van der Waals surface area contributed by atoms with Crippen molar-refractivity contribution in [3.05, 3.63) is 69.3 Å². The van der Waals surface area contributed by atoms with Gasteiger partial charge in [-0.3, -0.25) is 14.9 Å². The van der Waals surface area contributed by atoms with Crippen LogP contribution in [0, 0.1) is 17.0 Å². The number of carbonyl (C=O) groups is 2. The third-order valence-corrected chi connectivity index (χ3v) is 3.69. The lowest BCUT2D eigenvalue weighted by Crippen LogP contribution is -2.25. The van der Waals surface area contributed by atoms with Gasteiger partial charge in [-0.05, 0) is 19.9 Å². The Bertz CT molecular complexity index is 815. The van der Waals surface area contributed by atoms with E-state index in [4.69, 9.17) is 4.74 Å². The van der Waals surface area contributed by atoms with Crippen LogP contribution in [0.1, 0.15) is 33.2 Å². The number of benzene rings is 2. The number of esters is 1. The quantitative estimate of drug-likeness (QED) is 0.374. The zero-order valence-corrected chi connectivity index (χ0v) is 14.1. The molecule has 0 amide bonds. The molecule has 130 valence electrons. The number of nitrogens with one attached hydrogen (secondary N) is 1. The van der Waals surface area contributed by atoms with Gasteiger partial charge in [0.05, 0.1) is 10.5 Å². The van der Waals surface area contributed by atoms with E-state index >= 15 is 0 Å². The van der Waals surface area contributed by atoms with Crippen molar-refractivity contribution in [3.8, 4) is 0 Å². The molecule has 0 unspecified atom stereocenters. The molecule has 1 atom stereocenters. The second-order valence-electron chi connectivity index (χ2n) is 5.51. The van der Waals surface area contributed by atoms with Gasteiger partial charge < -0.3 is 10.1 Å². The molecule has 0 fully saturated rings. The van der Waals surface area contributed by atoms with Gasteiger partial charge in [0.2, 0.25) is 5.78 Å². The molecule has 2 aromatic rings. The van der Waals surface area contributed by atoms with Crippen molar-refractivity contribution in [3.63, 3.8) is 0 Å². The number of Topliss-reactive ketones (excluding diaryl/α,β-unsaturated/α-hetero) is 1. The Morgan fingerprint density at radius 3 is 2.36 bits per heavy atom. The van der Waals surface area contributed by atoms with Gasteiger partial charge in [0.15, 0.2) is 6.10 Å². The van der Waals surface area contributed by atoms with Gasteiger partial charge >= 0.3 is 5.97 Å². The second-order valence-corrected chi connectivity index (χ2v) is 5.51. The number of nitrogens with zero attached hydrogens (tertiary/aromatic N) is 1. The minimum absolute atomic E-state index is 0.000237. The number of non-ortho nitro benzene ring substituents is 1. The topological polar surface area (TPSA) is 98.5 Å². The van der Waals surface area contributed by atoms with Crippen molar-refractivity contribution in [1.29, 1.82) is 0 Å². The Morgan fingerprint density at radius 1 is 1.16 bits per heavy atom. The number of carbonyl (C=O) groups excluding carboxylic acids is 2. The zero-order valence-electron chi connectivity index (χ0n) is 14.1. The molecule has 1 N–H and O–H groups in total. The third kappa shape index (κ3) is 4.20. The smallest absolute Gasteiger partial charge is 0.341 e. The highest BCUT2D eigenvalue weighted by molar-refractivity contribution is 6.02. The van der Waals surface area contributed by atoms with E-state index in [2.05, 4.69) is 5.32 Å². The monoisotopic (exact) mass is 342 g/mol. The number of hydrogen-bond acceptors (Lipinski definition) is 6. The van der Waals surface area contributed by atoms with Crippen LogP contribution in [-0.4, -0.2) is 29.8 Å². The number of nitro groups is 1. The van der Waals surface area contributed by atoms with Crippen LogP contribution in [0.3, 0.4) is 0 Å². The number of rotatable bonds is 6. The Morgan fingerprint density at radius 2 is 1.80 bits per heavy atom. The summed E-state index contributed by atoms with van der Waals surface area (Å²) in [6.07, 6.45) is -1.01. The molecule has 0 aliphatic rings. The lowest BCUT2D eigenvalue weighted by atomic mass is 10.1. The summed E-state index contributed by atoms with van der Waals surface area (Å²) in [5.74, 6) is -1.15. The van der Waals surface area contributed by atoms with Crippen LogP contribution < -0.4 is 5.32 Å². The van der Waals surface area contributed by atoms with Gasteiger partial charge in [0, 0.05) is 30.4 Å². The first kappa shape index (κ1) is 18.1. The summed E-state index contributed by atoms with van der Waals surface area (Å²) in [5, 5.41) is 13.7. The zero-order chi connectivity index (χ0) is 18.6. The van der Waals surface area contributed by atoms with Gasteiger partial charge in [0.25, 0.3) is 5.69 Å². The van der Waals surface area contributed by atoms with Crippen molar-refractivity contribution < 1.29 is 19.2 Å². The summed E-state index contributed by atoms with van der Waals surface area (Å²) in [5.41, 5.74) is 1.59. The number of aryl methyl sites for hydroxylation is 1. The molecule has 0 aliphatic heterocycles. The highest BCUT2D eigenvalue weighted by atomic mass is 16.6. The first-order valence-corrected chi connectivity index (χ1v) is 7.61. The van der Waals surface area contributed by atoms with Crippen molar-refractivity contribution in [2.75, 3.05) is 12.4 Å². The van der Waals surface area contributed by atoms with E-state index in [1.54, 1.807) is 31.3 Å². The fourth-order valence-corrected chi connectivity index (χ4v) is 2.26. The van der Waals surface area contributed by atoms with Crippen molar-refractivity contribution in [1.82, 2.24) is 0 Å². The average Bonchev–Trinajstić information content (AvgIpc) is 2.60. The van der Waals surface area contributed by atoms with Gasteiger partial charge in [-0.2, -0.15) is 0 Å². The first-order chi connectivity index (χ1) is 11.8. The molecular weight excluding hydrogens is 324 g/mol. The molecule has 0 radical (unpaired) electrons. The summed E-state index contributed by atoms with van der Waals surface area (Å²) in [4.78, 5) is 35.0. The van der Waals surface area contributed by atoms with Gasteiger partial charge in [0.1, 0.15) is 0 Å². The normalized spacial score (nSPS) is 11.5.